The first-order valence-corrected chi connectivity index (χ1v) is 8.05. The molecule has 2 aromatic carbocycles. The van der Waals surface area contributed by atoms with Crippen molar-refractivity contribution in [1.29, 1.82) is 0 Å². The van der Waals surface area contributed by atoms with Gasteiger partial charge in [-0.3, -0.25) is 14.5 Å². The Morgan fingerprint density at radius 1 is 1.05 bits per heavy atom. The summed E-state index contributed by atoms with van der Waals surface area (Å²) in [6.45, 7) is 0. The molecule has 0 aromatic heterocycles. The molecule has 1 saturated heterocycles. The quantitative estimate of drug-likeness (QED) is 0.880. The van der Waals surface area contributed by atoms with E-state index >= 15 is 0 Å². The molecule has 2 heterocycles. The number of carbonyl (C=O) groups is 2. The van der Waals surface area contributed by atoms with Crippen LogP contribution in [-0.2, 0) is 9.59 Å². The molecule has 4 nitrogen and oxygen atoms in total. The van der Waals surface area contributed by atoms with Crippen molar-refractivity contribution in [2.45, 2.75) is 28.7 Å². The molecule has 1 N–H and O–H groups in total. The van der Waals surface area contributed by atoms with E-state index in [9.17, 15) is 9.59 Å². The Kier molecular flexibility index (Phi) is 3.15. The second-order valence-electron chi connectivity index (χ2n) is 5.37. The topological polar surface area (TPSA) is 49.4 Å². The molecule has 2 aliphatic heterocycles. The number of fused-ring (bicyclic) bond motifs is 2. The molecule has 0 radical (unpaired) electrons. The molecule has 4 rings (SSSR count). The van der Waals surface area contributed by atoms with Gasteiger partial charge in [-0.15, -0.1) is 0 Å². The highest BCUT2D eigenvalue weighted by molar-refractivity contribution is 7.99. The number of para-hydroxylation sites is 2. The molecule has 2 amide bonds. The maximum Gasteiger partial charge on any atom is 0.254 e. The third-order valence-corrected chi connectivity index (χ3v) is 5.08. The number of amides is 2. The summed E-state index contributed by atoms with van der Waals surface area (Å²) in [5, 5.41) is 2.78. The molecule has 1 fully saturated rings. The van der Waals surface area contributed by atoms with Crippen molar-refractivity contribution in [2.24, 2.45) is 0 Å². The average Bonchev–Trinajstić information content (AvgIpc) is 2.98. The number of carbonyl (C=O) groups excluding carboxylic acids is 2. The minimum Gasteiger partial charge on any atom is -0.344 e. The van der Waals surface area contributed by atoms with Crippen LogP contribution in [0.2, 0.25) is 0 Å². The number of hydrogen-bond donors (Lipinski definition) is 1. The number of nitrogens with one attached hydrogen (secondary N) is 1. The van der Waals surface area contributed by atoms with E-state index < -0.39 is 6.04 Å². The van der Waals surface area contributed by atoms with Gasteiger partial charge in [-0.2, -0.15) is 0 Å². The Hall–Kier alpha value is -2.27. The predicted molar refractivity (Wildman–Crippen MR) is 85.3 cm³/mol. The molecule has 0 bridgehead atoms. The average molecular weight is 310 g/mol. The maximum atomic E-state index is 13.0. The second kappa shape index (κ2) is 5.18. The minimum atomic E-state index is -0.434. The van der Waals surface area contributed by atoms with Crippen LogP contribution in [0.4, 0.5) is 11.4 Å². The third-order valence-electron chi connectivity index (χ3n) is 3.95. The molecule has 2 aromatic rings. The van der Waals surface area contributed by atoms with Gasteiger partial charge >= 0.3 is 0 Å². The van der Waals surface area contributed by atoms with Crippen LogP contribution in [0, 0.1) is 0 Å². The van der Waals surface area contributed by atoms with Crippen LogP contribution in [0.25, 0.3) is 0 Å². The van der Waals surface area contributed by atoms with E-state index in [2.05, 4.69) is 5.32 Å². The summed E-state index contributed by atoms with van der Waals surface area (Å²) in [5.74, 6) is -0.114. The monoisotopic (exact) mass is 310 g/mol. The first-order valence-electron chi connectivity index (χ1n) is 7.23. The molecular weight excluding hydrogens is 296 g/mol. The van der Waals surface area contributed by atoms with Crippen LogP contribution >= 0.6 is 11.8 Å². The van der Waals surface area contributed by atoms with Crippen molar-refractivity contribution in [3.8, 4) is 0 Å². The summed E-state index contributed by atoms with van der Waals surface area (Å²) in [4.78, 5) is 28.3. The first kappa shape index (κ1) is 13.4. The second-order valence-corrected chi connectivity index (χ2v) is 6.45. The Balaban J connectivity index is 1.81. The number of anilines is 2. The number of nitrogens with zero attached hydrogens (tertiary/aromatic N) is 1. The Morgan fingerprint density at radius 2 is 1.64 bits per heavy atom. The number of hydrogen-bond acceptors (Lipinski definition) is 3. The van der Waals surface area contributed by atoms with Gasteiger partial charge in [0.25, 0.3) is 5.91 Å². The Morgan fingerprint density at radius 3 is 2.18 bits per heavy atom. The Bertz CT molecular complexity index is 729. The van der Waals surface area contributed by atoms with E-state index in [1.807, 2.05) is 48.5 Å². The smallest absolute Gasteiger partial charge is 0.254 e. The molecule has 0 spiro atoms. The van der Waals surface area contributed by atoms with Crippen LogP contribution in [-0.4, -0.2) is 17.9 Å². The molecule has 110 valence electrons. The summed E-state index contributed by atoms with van der Waals surface area (Å²) >= 11 is 1.67. The molecule has 1 unspecified atom stereocenters. The molecule has 0 aliphatic carbocycles. The van der Waals surface area contributed by atoms with Crippen LogP contribution in [0.1, 0.15) is 12.8 Å². The van der Waals surface area contributed by atoms with Gasteiger partial charge in [-0.25, -0.2) is 0 Å². The van der Waals surface area contributed by atoms with Crippen molar-refractivity contribution in [3.63, 3.8) is 0 Å². The van der Waals surface area contributed by atoms with E-state index in [1.165, 1.54) is 0 Å². The highest BCUT2D eigenvalue weighted by atomic mass is 32.2. The van der Waals surface area contributed by atoms with Crippen molar-refractivity contribution in [1.82, 2.24) is 5.32 Å². The van der Waals surface area contributed by atoms with Gasteiger partial charge in [-0.1, -0.05) is 36.0 Å². The standard InChI is InChI=1S/C17H14N2O2S/c20-16-10-9-11(18-16)17(21)19-12-5-1-3-7-14(12)22-15-8-4-2-6-13(15)19/h1-8,11H,9-10H2,(H,18,20). The fourth-order valence-corrected chi connectivity index (χ4v) is 3.96. The highest BCUT2D eigenvalue weighted by Gasteiger charge is 2.35. The lowest BCUT2D eigenvalue weighted by molar-refractivity contribution is -0.123. The van der Waals surface area contributed by atoms with E-state index in [0.29, 0.717) is 12.8 Å². The third kappa shape index (κ3) is 2.09. The van der Waals surface area contributed by atoms with Gasteiger partial charge in [0.1, 0.15) is 6.04 Å². The lowest BCUT2D eigenvalue weighted by Gasteiger charge is -2.32. The lowest BCUT2D eigenvalue weighted by atomic mass is 10.1. The summed E-state index contributed by atoms with van der Waals surface area (Å²) in [7, 11) is 0. The Labute approximate surface area is 132 Å². The van der Waals surface area contributed by atoms with Gasteiger partial charge in [0.2, 0.25) is 5.91 Å². The molecule has 5 heteroatoms. The zero-order chi connectivity index (χ0) is 15.1. The predicted octanol–water partition coefficient (Wildman–Crippen LogP) is 3.09. The molecule has 1 atom stereocenters. The molecule has 0 saturated carbocycles. The first-order chi connectivity index (χ1) is 10.7. The SMILES string of the molecule is O=C1CCC(C(=O)N2c3ccccc3Sc3ccccc32)N1. The maximum absolute atomic E-state index is 13.0. The van der Waals surface area contributed by atoms with Crippen LogP contribution in [0.3, 0.4) is 0 Å². The van der Waals surface area contributed by atoms with E-state index in [1.54, 1.807) is 16.7 Å². The van der Waals surface area contributed by atoms with Crippen LogP contribution in [0.5, 0.6) is 0 Å². The van der Waals surface area contributed by atoms with Gasteiger partial charge in [0, 0.05) is 16.2 Å². The molecule has 22 heavy (non-hydrogen) atoms. The normalized spacial score (nSPS) is 19.4. The van der Waals surface area contributed by atoms with Crippen LogP contribution < -0.4 is 10.2 Å². The van der Waals surface area contributed by atoms with Gasteiger partial charge in [-0.05, 0) is 30.7 Å². The van der Waals surface area contributed by atoms with E-state index in [0.717, 1.165) is 21.2 Å². The number of rotatable bonds is 1. The zero-order valence-electron chi connectivity index (χ0n) is 11.8. The fraction of sp³-hybridized carbons (Fsp3) is 0.176. The largest absolute Gasteiger partial charge is 0.344 e. The molecule has 2 aliphatic rings. The summed E-state index contributed by atoms with van der Waals surface area (Å²) in [6, 6.07) is 15.3. The molecular formula is C17H14N2O2S. The van der Waals surface area contributed by atoms with E-state index in [4.69, 9.17) is 0 Å². The van der Waals surface area contributed by atoms with E-state index in [-0.39, 0.29) is 11.8 Å². The summed E-state index contributed by atoms with van der Waals surface area (Å²) in [5.41, 5.74) is 1.77. The summed E-state index contributed by atoms with van der Waals surface area (Å²) in [6.07, 6.45) is 0.980. The number of benzene rings is 2. The van der Waals surface area contributed by atoms with Crippen molar-refractivity contribution < 1.29 is 9.59 Å². The van der Waals surface area contributed by atoms with Gasteiger partial charge < -0.3 is 5.32 Å². The van der Waals surface area contributed by atoms with Gasteiger partial charge in [0.15, 0.2) is 0 Å². The van der Waals surface area contributed by atoms with Crippen molar-refractivity contribution in [2.75, 3.05) is 4.90 Å². The van der Waals surface area contributed by atoms with Crippen molar-refractivity contribution in [3.05, 3.63) is 48.5 Å². The fourth-order valence-electron chi connectivity index (χ4n) is 2.90. The zero-order valence-corrected chi connectivity index (χ0v) is 12.6. The summed E-state index contributed by atoms with van der Waals surface area (Å²) < 4.78 is 0. The highest BCUT2D eigenvalue weighted by Crippen LogP contribution is 2.48. The lowest BCUT2D eigenvalue weighted by Crippen LogP contribution is -2.43. The minimum absolute atomic E-state index is 0.0497. The van der Waals surface area contributed by atoms with Gasteiger partial charge in [0.05, 0.1) is 11.4 Å². The van der Waals surface area contributed by atoms with Crippen molar-refractivity contribution >= 4 is 35.0 Å². The van der Waals surface area contributed by atoms with Crippen LogP contribution in [0.15, 0.2) is 58.3 Å².